The van der Waals surface area contributed by atoms with Crippen molar-refractivity contribution in [1.29, 1.82) is 0 Å². The Balaban J connectivity index is 1.58. The van der Waals surface area contributed by atoms with E-state index in [2.05, 4.69) is 30.8 Å². The van der Waals surface area contributed by atoms with Crippen LogP contribution in [0.2, 0.25) is 0 Å². The third-order valence-corrected chi connectivity index (χ3v) is 4.22. The third-order valence-electron chi connectivity index (χ3n) is 4.22. The molecule has 0 amide bonds. The molecule has 140 valence electrons. The van der Waals surface area contributed by atoms with E-state index in [0.29, 0.717) is 23.5 Å². The van der Waals surface area contributed by atoms with E-state index in [4.69, 9.17) is 9.15 Å². The van der Waals surface area contributed by atoms with Gasteiger partial charge >= 0.3 is 0 Å². The molecule has 27 heavy (non-hydrogen) atoms. The van der Waals surface area contributed by atoms with Crippen molar-refractivity contribution in [2.45, 2.75) is 25.8 Å². The number of anilines is 3. The molecular weight excluding hydrogens is 344 g/mol. The fourth-order valence-electron chi connectivity index (χ4n) is 2.89. The fraction of sp³-hybridized carbons (Fsp3) is 0.316. The van der Waals surface area contributed by atoms with Crippen molar-refractivity contribution in [1.82, 2.24) is 20.2 Å². The van der Waals surface area contributed by atoms with Crippen molar-refractivity contribution in [3.8, 4) is 0 Å². The van der Waals surface area contributed by atoms with E-state index in [0.717, 1.165) is 43.3 Å². The molecule has 0 aliphatic carbocycles. The summed E-state index contributed by atoms with van der Waals surface area (Å²) >= 11 is 0. The Hall–Kier alpha value is -3.13. The molecule has 8 nitrogen and oxygen atoms in total. The van der Waals surface area contributed by atoms with Crippen molar-refractivity contribution in [2.24, 2.45) is 0 Å². The first-order valence-corrected chi connectivity index (χ1v) is 8.98. The second-order valence-corrected chi connectivity index (χ2v) is 6.44. The van der Waals surface area contributed by atoms with Crippen molar-refractivity contribution in [3.63, 3.8) is 0 Å². The Bertz CT molecular complexity index is 897. The van der Waals surface area contributed by atoms with Crippen LogP contribution >= 0.6 is 0 Å². The fourth-order valence-corrected chi connectivity index (χ4v) is 2.89. The van der Waals surface area contributed by atoms with Gasteiger partial charge in [-0.15, -0.1) is 0 Å². The van der Waals surface area contributed by atoms with Crippen LogP contribution in [0.15, 0.2) is 34.9 Å². The van der Waals surface area contributed by atoms with E-state index in [1.54, 1.807) is 6.26 Å². The number of rotatable bonds is 6. The van der Waals surface area contributed by atoms with Crippen molar-refractivity contribution < 1.29 is 9.15 Å². The molecule has 8 heteroatoms. The molecule has 0 bridgehead atoms. The maximum atomic E-state index is 5.43. The summed E-state index contributed by atoms with van der Waals surface area (Å²) in [6.45, 7) is 3.49. The molecule has 0 unspecified atom stereocenters. The lowest BCUT2D eigenvalue weighted by Crippen LogP contribution is -2.28. The lowest BCUT2D eigenvalue weighted by molar-refractivity contribution is 0.0904. The molecule has 3 N–H and O–H groups in total. The topological polar surface area (TPSA) is 101 Å². The summed E-state index contributed by atoms with van der Waals surface area (Å²) in [6, 6.07) is 7.88. The first-order valence-electron chi connectivity index (χ1n) is 8.98. The van der Waals surface area contributed by atoms with Gasteiger partial charge in [0.05, 0.1) is 6.26 Å². The van der Waals surface area contributed by atoms with Gasteiger partial charge in [-0.25, -0.2) is 9.97 Å². The first-order chi connectivity index (χ1) is 13.2. The highest BCUT2D eigenvalue weighted by Gasteiger charge is 2.15. The number of ether oxygens (including phenoxy) is 1. The Morgan fingerprint density at radius 3 is 2.70 bits per heavy atom. The normalized spacial score (nSPS) is 15.3. The van der Waals surface area contributed by atoms with Crippen LogP contribution < -0.4 is 10.6 Å². The monoisotopic (exact) mass is 366 g/mol. The minimum atomic E-state index is 0.344. The smallest absolute Gasteiger partial charge is 0.156 e. The molecule has 0 spiro atoms. The van der Waals surface area contributed by atoms with Gasteiger partial charge in [-0.3, -0.25) is 5.10 Å². The number of nitrogens with one attached hydrogen (secondary N) is 3. The summed E-state index contributed by atoms with van der Waals surface area (Å²) in [6.07, 6.45) is 7.23. The summed E-state index contributed by atoms with van der Waals surface area (Å²) in [5.41, 5.74) is 0.977. The quantitative estimate of drug-likeness (QED) is 0.612. The number of nitrogens with zero attached hydrogens (tertiary/aromatic N) is 3. The first kappa shape index (κ1) is 17.3. The molecule has 4 rings (SSSR count). The van der Waals surface area contributed by atoms with Crippen LogP contribution in [0.5, 0.6) is 0 Å². The predicted molar refractivity (Wildman–Crippen MR) is 104 cm³/mol. The number of aromatic amines is 1. The Labute approximate surface area is 157 Å². The van der Waals surface area contributed by atoms with Crippen LogP contribution in [0.1, 0.15) is 30.1 Å². The van der Waals surface area contributed by atoms with Gasteiger partial charge in [-0.05, 0) is 44.1 Å². The zero-order valence-corrected chi connectivity index (χ0v) is 15.1. The third kappa shape index (κ3) is 4.73. The SMILES string of the molecule is Cc1cc(Nc2cc(NC3CCOCC3)nc(C=Cc3ccco3)n2)n[nH]1. The largest absolute Gasteiger partial charge is 0.465 e. The summed E-state index contributed by atoms with van der Waals surface area (Å²) in [7, 11) is 0. The van der Waals surface area contributed by atoms with Gasteiger partial charge in [0.1, 0.15) is 17.4 Å². The zero-order chi connectivity index (χ0) is 18.5. The Morgan fingerprint density at radius 1 is 1.11 bits per heavy atom. The molecule has 1 saturated heterocycles. The maximum absolute atomic E-state index is 5.43. The average Bonchev–Trinajstić information content (AvgIpc) is 3.32. The van der Waals surface area contributed by atoms with Crippen LogP contribution in [-0.2, 0) is 4.74 Å². The molecule has 0 saturated carbocycles. The number of furan rings is 1. The number of aryl methyl sites for hydroxylation is 1. The zero-order valence-electron chi connectivity index (χ0n) is 15.1. The lowest BCUT2D eigenvalue weighted by atomic mass is 10.1. The van der Waals surface area contributed by atoms with Gasteiger partial charge in [0.25, 0.3) is 0 Å². The van der Waals surface area contributed by atoms with Crippen molar-refractivity contribution in [2.75, 3.05) is 23.8 Å². The second-order valence-electron chi connectivity index (χ2n) is 6.44. The molecular formula is C19H22N6O2. The van der Waals surface area contributed by atoms with Gasteiger partial charge in [-0.2, -0.15) is 5.10 Å². The van der Waals surface area contributed by atoms with Crippen molar-refractivity contribution in [3.05, 3.63) is 47.8 Å². The van der Waals surface area contributed by atoms with Crippen LogP contribution in [0, 0.1) is 6.92 Å². The Morgan fingerprint density at radius 2 is 1.96 bits per heavy atom. The molecule has 1 fully saturated rings. The van der Waals surface area contributed by atoms with E-state index < -0.39 is 0 Å². The number of H-pyrrole nitrogens is 1. The highest BCUT2D eigenvalue weighted by molar-refractivity contribution is 5.66. The van der Waals surface area contributed by atoms with E-state index in [9.17, 15) is 0 Å². The predicted octanol–water partition coefficient (Wildman–Crippen LogP) is 3.61. The highest BCUT2D eigenvalue weighted by Crippen LogP contribution is 2.20. The van der Waals surface area contributed by atoms with Gasteiger partial charge < -0.3 is 19.8 Å². The minimum absolute atomic E-state index is 0.344. The van der Waals surface area contributed by atoms with E-state index in [1.807, 2.05) is 43.3 Å². The average molecular weight is 366 g/mol. The van der Waals surface area contributed by atoms with Crippen molar-refractivity contribution >= 4 is 29.6 Å². The number of aromatic nitrogens is 4. The van der Waals surface area contributed by atoms with Crippen LogP contribution in [-0.4, -0.2) is 39.4 Å². The molecule has 4 heterocycles. The summed E-state index contributed by atoms with van der Waals surface area (Å²) in [5.74, 6) is 3.48. The lowest BCUT2D eigenvalue weighted by Gasteiger charge is -2.23. The van der Waals surface area contributed by atoms with E-state index >= 15 is 0 Å². The molecule has 3 aromatic heterocycles. The maximum Gasteiger partial charge on any atom is 0.156 e. The van der Waals surface area contributed by atoms with Gasteiger partial charge in [-0.1, -0.05) is 0 Å². The van der Waals surface area contributed by atoms with Crippen LogP contribution in [0.25, 0.3) is 12.2 Å². The number of hydrogen-bond acceptors (Lipinski definition) is 7. The van der Waals surface area contributed by atoms with E-state index in [1.165, 1.54) is 0 Å². The standard InChI is InChI=1S/C19H22N6O2/c1-13-11-19(25-24-13)23-18-12-17(20-14-6-9-26-10-7-14)21-16(22-18)5-4-15-3-2-8-27-15/h2-5,8,11-12,14H,6-7,9-10H2,1H3,(H3,20,21,22,23,24,25). The molecule has 1 aliphatic heterocycles. The molecule has 0 atom stereocenters. The highest BCUT2D eigenvalue weighted by atomic mass is 16.5. The Kier molecular flexibility index (Phi) is 5.15. The van der Waals surface area contributed by atoms with Crippen LogP contribution in [0.3, 0.4) is 0 Å². The summed E-state index contributed by atoms with van der Waals surface area (Å²) in [4.78, 5) is 9.18. The number of hydrogen-bond donors (Lipinski definition) is 3. The van der Waals surface area contributed by atoms with E-state index in [-0.39, 0.29) is 0 Å². The van der Waals surface area contributed by atoms with Crippen LogP contribution in [0.4, 0.5) is 17.5 Å². The second kappa shape index (κ2) is 8.05. The molecule has 0 aromatic carbocycles. The van der Waals surface area contributed by atoms with Gasteiger partial charge in [0, 0.05) is 37.1 Å². The molecule has 3 aromatic rings. The molecule has 1 aliphatic rings. The molecule has 0 radical (unpaired) electrons. The summed E-state index contributed by atoms with van der Waals surface area (Å²) in [5, 5.41) is 13.8. The minimum Gasteiger partial charge on any atom is -0.465 e. The summed E-state index contributed by atoms with van der Waals surface area (Å²) < 4.78 is 10.8. The van der Waals surface area contributed by atoms with Gasteiger partial charge in [0.15, 0.2) is 11.6 Å². The van der Waals surface area contributed by atoms with Gasteiger partial charge in [0.2, 0.25) is 0 Å².